The molecule has 1 heterocycles. The van der Waals surface area contributed by atoms with E-state index >= 15 is 0 Å². The van der Waals surface area contributed by atoms with Gasteiger partial charge in [-0.2, -0.15) is 0 Å². The Labute approximate surface area is 117 Å². The van der Waals surface area contributed by atoms with Crippen LogP contribution in [0.25, 0.3) is 0 Å². The summed E-state index contributed by atoms with van der Waals surface area (Å²) in [5, 5.41) is 6.16. The van der Waals surface area contributed by atoms with Gasteiger partial charge in [-0.25, -0.2) is 0 Å². The molecule has 2 aromatic carbocycles. The summed E-state index contributed by atoms with van der Waals surface area (Å²) in [6.45, 7) is 0.943. The molecule has 0 atom stereocenters. The molecule has 2 N–H and O–H groups in total. The van der Waals surface area contributed by atoms with E-state index in [4.69, 9.17) is 4.74 Å². The number of nitrogens with one attached hydrogen (secondary N) is 2. The molecule has 0 fully saturated rings. The minimum Gasteiger partial charge on any atom is -0.497 e. The fraction of sp³-hybridized carbons (Fsp3) is 0.188. The van der Waals surface area contributed by atoms with Gasteiger partial charge in [0, 0.05) is 23.5 Å². The number of carbonyl (C=O) groups is 1. The van der Waals surface area contributed by atoms with Crippen LogP contribution in [-0.4, -0.2) is 19.6 Å². The van der Waals surface area contributed by atoms with Crippen LogP contribution in [0, 0.1) is 0 Å². The van der Waals surface area contributed by atoms with E-state index in [0.717, 1.165) is 30.1 Å². The molecule has 2 aromatic rings. The third-order valence-corrected chi connectivity index (χ3v) is 3.43. The van der Waals surface area contributed by atoms with Gasteiger partial charge in [-0.1, -0.05) is 6.07 Å². The average molecular weight is 268 g/mol. The fourth-order valence-corrected chi connectivity index (χ4v) is 2.31. The first kappa shape index (κ1) is 12.5. The topological polar surface area (TPSA) is 50.4 Å². The number of ether oxygens (including phenoxy) is 1. The van der Waals surface area contributed by atoms with Gasteiger partial charge in [0.05, 0.1) is 7.11 Å². The summed E-state index contributed by atoms with van der Waals surface area (Å²) in [7, 11) is 1.62. The third-order valence-electron chi connectivity index (χ3n) is 3.43. The largest absolute Gasteiger partial charge is 0.497 e. The Balaban J connectivity index is 1.75. The lowest BCUT2D eigenvalue weighted by atomic mass is 10.1. The summed E-state index contributed by atoms with van der Waals surface area (Å²) in [6, 6.07) is 13.1. The summed E-state index contributed by atoms with van der Waals surface area (Å²) in [4.78, 5) is 12.2. The molecule has 3 rings (SSSR count). The zero-order chi connectivity index (χ0) is 13.9. The van der Waals surface area contributed by atoms with Gasteiger partial charge in [0.2, 0.25) is 0 Å². The van der Waals surface area contributed by atoms with Crippen molar-refractivity contribution in [2.45, 2.75) is 6.42 Å². The monoisotopic (exact) mass is 268 g/mol. The van der Waals surface area contributed by atoms with E-state index in [1.54, 1.807) is 7.11 Å². The average Bonchev–Trinajstić information content (AvgIpc) is 2.95. The first-order valence-corrected chi connectivity index (χ1v) is 6.58. The van der Waals surface area contributed by atoms with E-state index in [2.05, 4.69) is 10.6 Å². The van der Waals surface area contributed by atoms with Crippen LogP contribution in [0.3, 0.4) is 0 Å². The van der Waals surface area contributed by atoms with Gasteiger partial charge < -0.3 is 15.4 Å². The predicted molar refractivity (Wildman–Crippen MR) is 79.6 cm³/mol. The lowest BCUT2D eigenvalue weighted by Gasteiger charge is -2.08. The van der Waals surface area contributed by atoms with Crippen molar-refractivity contribution in [3.8, 4) is 5.75 Å². The van der Waals surface area contributed by atoms with Crippen molar-refractivity contribution < 1.29 is 9.53 Å². The molecule has 102 valence electrons. The van der Waals surface area contributed by atoms with Crippen LogP contribution in [0.15, 0.2) is 42.5 Å². The molecule has 0 aromatic heterocycles. The van der Waals surface area contributed by atoms with Crippen molar-refractivity contribution in [3.05, 3.63) is 53.6 Å². The van der Waals surface area contributed by atoms with E-state index in [1.165, 1.54) is 5.56 Å². The molecule has 0 spiro atoms. The molecule has 0 saturated heterocycles. The second-order valence-corrected chi connectivity index (χ2v) is 4.73. The standard InChI is InChI=1S/C16H16N2O2/c1-20-14-6-4-13(5-7-14)18-16(19)12-3-2-11-8-9-17-15(11)10-12/h2-7,10,17H,8-9H2,1H3,(H,18,19). The molecule has 0 bridgehead atoms. The van der Waals surface area contributed by atoms with Gasteiger partial charge in [0.1, 0.15) is 5.75 Å². The number of hydrogen-bond acceptors (Lipinski definition) is 3. The molecule has 20 heavy (non-hydrogen) atoms. The maximum absolute atomic E-state index is 12.2. The maximum atomic E-state index is 12.2. The van der Waals surface area contributed by atoms with E-state index in [0.29, 0.717) is 5.56 Å². The molecular weight excluding hydrogens is 252 g/mol. The number of benzene rings is 2. The summed E-state index contributed by atoms with van der Waals surface area (Å²) in [5.41, 5.74) is 3.75. The number of hydrogen-bond donors (Lipinski definition) is 2. The molecule has 1 amide bonds. The molecule has 0 aliphatic carbocycles. The van der Waals surface area contributed by atoms with Crippen molar-refractivity contribution in [1.29, 1.82) is 0 Å². The molecule has 1 aliphatic heterocycles. The van der Waals surface area contributed by atoms with E-state index in [9.17, 15) is 4.79 Å². The summed E-state index contributed by atoms with van der Waals surface area (Å²) < 4.78 is 5.09. The highest BCUT2D eigenvalue weighted by Gasteiger charge is 2.13. The van der Waals surface area contributed by atoms with Gasteiger partial charge in [-0.3, -0.25) is 4.79 Å². The van der Waals surface area contributed by atoms with Gasteiger partial charge in [0.25, 0.3) is 5.91 Å². The van der Waals surface area contributed by atoms with E-state index < -0.39 is 0 Å². The van der Waals surface area contributed by atoms with E-state index in [-0.39, 0.29) is 5.91 Å². The molecule has 4 heteroatoms. The highest BCUT2D eigenvalue weighted by molar-refractivity contribution is 6.05. The van der Waals surface area contributed by atoms with Crippen molar-refractivity contribution >= 4 is 17.3 Å². The van der Waals surface area contributed by atoms with Crippen LogP contribution >= 0.6 is 0 Å². The lowest BCUT2D eigenvalue weighted by molar-refractivity contribution is 0.102. The molecular formula is C16H16N2O2. The molecule has 0 unspecified atom stereocenters. The van der Waals surface area contributed by atoms with Crippen LogP contribution in [0.1, 0.15) is 15.9 Å². The first-order chi connectivity index (χ1) is 9.76. The fourth-order valence-electron chi connectivity index (χ4n) is 2.31. The van der Waals surface area contributed by atoms with Crippen LogP contribution in [-0.2, 0) is 6.42 Å². The minimum atomic E-state index is -0.105. The molecule has 1 aliphatic rings. The number of carbonyl (C=O) groups excluding carboxylic acids is 1. The highest BCUT2D eigenvalue weighted by Crippen LogP contribution is 2.24. The number of anilines is 2. The van der Waals surface area contributed by atoms with Crippen molar-refractivity contribution in [2.24, 2.45) is 0 Å². The van der Waals surface area contributed by atoms with Gasteiger partial charge in [0.15, 0.2) is 0 Å². The van der Waals surface area contributed by atoms with Crippen LogP contribution in [0.5, 0.6) is 5.75 Å². The smallest absolute Gasteiger partial charge is 0.255 e. The normalized spacial score (nSPS) is 12.4. The van der Waals surface area contributed by atoms with Crippen LogP contribution in [0.4, 0.5) is 11.4 Å². The second kappa shape index (κ2) is 5.25. The predicted octanol–water partition coefficient (Wildman–Crippen LogP) is 2.92. The second-order valence-electron chi connectivity index (χ2n) is 4.73. The lowest BCUT2D eigenvalue weighted by Crippen LogP contribution is -2.12. The number of fused-ring (bicyclic) bond motifs is 1. The zero-order valence-electron chi connectivity index (χ0n) is 11.3. The number of amides is 1. The molecule has 4 nitrogen and oxygen atoms in total. The van der Waals surface area contributed by atoms with Crippen molar-refractivity contribution in [2.75, 3.05) is 24.3 Å². The van der Waals surface area contributed by atoms with E-state index in [1.807, 2.05) is 42.5 Å². The minimum absolute atomic E-state index is 0.105. The Morgan fingerprint density at radius 1 is 1.20 bits per heavy atom. The van der Waals surface area contributed by atoms with Gasteiger partial charge in [-0.05, 0) is 48.4 Å². The molecule has 0 saturated carbocycles. The molecule has 0 radical (unpaired) electrons. The van der Waals surface area contributed by atoms with Crippen LogP contribution in [0.2, 0.25) is 0 Å². The summed E-state index contributed by atoms with van der Waals surface area (Å²) in [6.07, 6.45) is 1.02. The Kier molecular flexibility index (Phi) is 3.29. The number of rotatable bonds is 3. The Hall–Kier alpha value is -2.49. The summed E-state index contributed by atoms with van der Waals surface area (Å²) >= 11 is 0. The number of methoxy groups -OCH3 is 1. The Morgan fingerprint density at radius 2 is 2.00 bits per heavy atom. The SMILES string of the molecule is COc1ccc(NC(=O)c2ccc3c(c2)NCC3)cc1. The van der Waals surface area contributed by atoms with Crippen molar-refractivity contribution in [1.82, 2.24) is 0 Å². The Morgan fingerprint density at radius 3 is 2.75 bits per heavy atom. The highest BCUT2D eigenvalue weighted by atomic mass is 16.5. The first-order valence-electron chi connectivity index (χ1n) is 6.58. The van der Waals surface area contributed by atoms with Gasteiger partial charge in [-0.15, -0.1) is 0 Å². The third kappa shape index (κ3) is 2.45. The maximum Gasteiger partial charge on any atom is 0.255 e. The zero-order valence-corrected chi connectivity index (χ0v) is 11.3. The summed E-state index contributed by atoms with van der Waals surface area (Å²) in [5.74, 6) is 0.663. The van der Waals surface area contributed by atoms with Gasteiger partial charge >= 0.3 is 0 Å². The quantitative estimate of drug-likeness (QED) is 0.900. The van der Waals surface area contributed by atoms with Crippen molar-refractivity contribution in [3.63, 3.8) is 0 Å². The Bertz CT molecular complexity index is 635. The van der Waals surface area contributed by atoms with Crippen LogP contribution < -0.4 is 15.4 Å².